The maximum absolute atomic E-state index is 11.8. The Bertz CT molecular complexity index is 548. The molecule has 2 aliphatic heterocycles. The van der Waals surface area contributed by atoms with Crippen molar-refractivity contribution in [2.75, 3.05) is 0 Å². The monoisotopic (exact) mass is 261 g/mol. The molecule has 19 heavy (non-hydrogen) atoms. The first-order valence-corrected chi connectivity index (χ1v) is 6.87. The Labute approximate surface area is 113 Å². The lowest BCUT2D eigenvalue weighted by molar-refractivity contribution is 0.00578. The van der Waals surface area contributed by atoms with Crippen LogP contribution in [0.3, 0.4) is 0 Å². The lowest BCUT2D eigenvalue weighted by Crippen LogP contribution is -2.41. The van der Waals surface area contributed by atoms with Crippen molar-refractivity contribution in [3.63, 3.8) is 0 Å². The minimum absolute atomic E-state index is 0.0662. The highest BCUT2D eigenvalue weighted by atomic mass is 16.7. The lowest BCUT2D eigenvalue weighted by atomic mass is 9.69. The van der Waals surface area contributed by atoms with E-state index >= 15 is 0 Å². The second-order valence-corrected chi connectivity index (χ2v) is 6.46. The molecule has 0 saturated carbocycles. The highest BCUT2D eigenvalue weighted by molar-refractivity contribution is 6.47. The predicted molar refractivity (Wildman–Crippen MR) is 74.1 cm³/mol. The number of nitrogens with zero attached hydrogens (tertiary/aromatic N) is 1. The van der Waals surface area contributed by atoms with Crippen LogP contribution >= 0.6 is 0 Å². The Morgan fingerprint density at radius 2 is 1.84 bits per heavy atom. The van der Waals surface area contributed by atoms with Gasteiger partial charge in [0.15, 0.2) is 0 Å². The van der Waals surface area contributed by atoms with Gasteiger partial charge in [0.25, 0.3) is 5.56 Å². The van der Waals surface area contributed by atoms with Crippen molar-refractivity contribution in [1.29, 1.82) is 0 Å². The molecule has 1 saturated heterocycles. The van der Waals surface area contributed by atoms with Gasteiger partial charge in [-0.05, 0) is 40.2 Å². The third-order valence-corrected chi connectivity index (χ3v) is 4.73. The fraction of sp³-hybridized carbons (Fsp3) is 0.643. The Hall–Kier alpha value is -1.07. The number of aromatic nitrogens is 1. The molecule has 1 aromatic heterocycles. The van der Waals surface area contributed by atoms with Crippen LogP contribution in [0.15, 0.2) is 23.0 Å². The van der Waals surface area contributed by atoms with Crippen LogP contribution in [0.4, 0.5) is 0 Å². The molecule has 102 valence electrons. The third-order valence-electron chi connectivity index (χ3n) is 4.73. The maximum atomic E-state index is 11.8. The average molecular weight is 261 g/mol. The molecule has 3 rings (SSSR count). The van der Waals surface area contributed by atoms with Crippen LogP contribution < -0.4 is 5.56 Å². The molecule has 0 amide bonds. The third kappa shape index (κ3) is 1.87. The van der Waals surface area contributed by atoms with E-state index in [-0.39, 0.29) is 29.7 Å². The zero-order valence-corrected chi connectivity index (χ0v) is 12.0. The molecule has 1 unspecified atom stereocenters. The van der Waals surface area contributed by atoms with Crippen LogP contribution in [-0.2, 0) is 15.9 Å². The van der Waals surface area contributed by atoms with E-state index in [1.165, 1.54) is 0 Å². The van der Waals surface area contributed by atoms with E-state index in [4.69, 9.17) is 9.31 Å². The number of hydrogen-bond acceptors (Lipinski definition) is 3. The van der Waals surface area contributed by atoms with Gasteiger partial charge in [0.2, 0.25) is 0 Å². The molecule has 5 heteroatoms. The van der Waals surface area contributed by atoms with E-state index in [0.717, 1.165) is 18.7 Å². The molecular formula is C14H20BNO3. The van der Waals surface area contributed by atoms with Crippen LogP contribution in [0.2, 0.25) is 0 Å². The van der Waals surface area contributed by atoms with Crippen LogP contribution in [0.25, 0.3) is 0 Å². The summed E-state index contributed by atoms with van der Waals surface area (Å²) in [5.74, 6) is 0.148. The summed E-state index contributed by atoms with van der Waals surface area (Å²) in [6.45, 7) is 8.98. The van der Waals surface area contributed by atoms with E-state index in [0.29, 0.717) is 0 Å². The largest absolute Gasteiger partial charge is 0.467 e. The molecule has 0 N–H and O–H groups in total. The van der Waals surface area contributed by atoms with Crippen LogP contribution in [-0.4, -0.2) is 22.9 Å². The lowest BCUT2D eigenvalue weighted by Gasteiger charge is -2.32. The molecule has 0 radical (unpaired) electrons. The summed E-state index contributed by atoms with van der Waals surface area (Å²) in [4.78, 5) is 11.8. The van der Waals surface area contributed by atoms with Crippen molar-refractivity contribution in [2.45, 2.75) is 57.7 Å². The Kier molecular flexibility index (Phi) is 2.70. The van der Waals surface area contributed by atoms with Crippen molar-refractivity contribution >= 4 is 7.12 Å². The first-order valence-electron chi connectivity index (χ1n) is 6.87. The van der Waals surface area contributed by atoms with E-state index in [9.17, 15) is 4.79 Å². The van der Waals surface area contributed by atoms with Gasteiger partial charge in [-0.3, -0.25) is 4.79 Å². The van der Waals surface area contributed by atoms with Crippen molar-refractivity contribution in [2.24, 2.45) is 0 Å². The maximum Gasteiger partial charge on any atom is 0.467 e. The highest BCUT2D eigenvalue weighted by Gasteiger charge is 2.54. The number of pyridine rings is 1. The van der Waals surface area contributed by atoms with Crippen molar-refractivity contribution in [1.82, 2.24) is 4.57 Å². The number of hydrogen-bond donors (Lipinski definition) is 0. The molecule has 1 atom stereocenters. The Morgan fingerprint density at radius 1 is 1.21 bits per heavy atom. The number of rotatable bonds is 1. The van der Waals surface area contributed by atoms with Crippen molar-refractivity contribution in [3.8, 4) is 0 Å². The molecule has 1 aromatic rings. The first kappa shape index (κ1) is 12.9. The minimum atomic E-state index is -0.319. The SMILES string of the molecule is CC1(C)OB(C2CCn3c2cccc3=O)OC1(C)C. The van der Waals surface area contributed by atoms with Gasteiger partial charge < -0.3 is 13.9 Å². The Morgan fingerprint density at radius 3 is 2.47 bits per heavy atom. The summed E-state index contributed by atoms with van der Waals surface area (Å²) in [5, 5.41) is 0. The fourth-order valence-corrected chi connectivity index (χ4v) is 2.84. The predicted octanol–water partition coefficient (Wildman–Crippen LogP) is 1.97. The second-order valence-electron chi connectivity index (χ2n) is 6.46. The van der Waals surface area contributed by atoms with Crippen LogP contribution in [0.1, 0.15) is 45.6 Å². The molecule has 0 aliphatic carbocycles. The quantitative estimate of drug-likeness (QED) is 0.725. The van der Waals surface area contributed by atoms with Gasteiger partial charge in [-0.1, -0.05) is 6.07 Å². The second kappa shape index (κ2) is 3.96. The highest BCUT2D eigenvalue weighted by Crippen LogP contribution is 2.42. The average Bonchev–Trinajstić information content (AvgIpc) is 2.80. The summed E-state index contributed by atoms with van der Waals surface area (Å²) >= 11 is 0. The molecule has 1 fully saturated rings. The summed E-state index contributed by atoms with van der Waals surface area (Å²) in [6, 6.07) is 5.43. The van der Waals surface area contributed by atoms with Gasteiger partial charge in [0.1, 0.15) is 0 Å². The summed E-state index contributed by atoms with van der Waals surface area (Å²) < 4.78 is 14.0. The van der Waals surface area contributed by atoms with E-state index in [2.05, 4.69) is 27.7 Å². The van der Waals surface area contributed by atoms with E-state index < -0.39 is 0 Å². The Balaban J connectivity index is 1.92. The van der Waals surface area contributed by atoms with Gasteiger partial charge in [-0.15, -0.1) is 0 Å². The molecule has 0 aromatic carbocycles. The zero-order chi connectivity index (χ0) is 13.8. The first-order chi connectivity index (χ1) is 8.82. The van der Waals surface area contributed by atoms with Crippen LogP contribution in [0, 0.1) is 0 Å². The van der Waals surface area contributed by atoms with Gasteiger partial charge in [0.05, 0.1) is 11.2 Å². The normalized spacial score (nSPS) is 27.6. The molecule has 2 aliphatic rings. The topological polar surface area (TPSA) is 40.5 Å². The molecule has 4 nitrogen and oxygen atoms in total. The van der Waals surface area contributed by atoms with Gasteiger partial charge in [-0.2, -0.15) is 0 Å². The van der Waals surface area contributed by atoms with Gasteiger partial charge >= 0.3 is 7.12 Å². The van der Waals surface area contributed by atoms with E-state index in [1.54, 1.807) is 6.07 Å². The molecule has 0 bridgehead atoms. The summed E-state index contributed by atoms with van der Waals surface area (Å²) in [7, 11) is -0.263. The van der Waals surface area contributed by atoms with Crippen molar-refractivity contribution in [3.05, 3.63) is 34.2 Å². The summed E-state index contributed by atoms with van der Waals surface area (Å²) in [6.07, 6.45) is 0.899. The minimum Gasteiger partial charge on any atom is -0.403 e. The van der Waals surface area contributed by atoms with Gasteiger partial charge in [0, 0.05) is 24.1 Å². The van der Waals surface area contributed by atoms with Gasteiger partial charge in [-0.25, -0.2) is 0 Å². The fourth-order valence-electron chi connectivity index (χ4n) is 2.84. The zero-order valence-electron chi connectivity index (χ0n) is 12.0. The van der Waals surface area contributed by atoms with Crippen molar-refractivity contribution < 1.29 is 9.31 Å². The number of fused-ring (bicyclic) bond motifs is 1. The standard InChI is InChI=1S/C14H20BNO3/c1-13(2)14(3,4)19-15(18-13)10-8-9-16-11(10)6-5-7-12(16)17/h5-7,10H,8-9H2,1-4H3. The molecule has 3 heterocycles. The molecule has 0 spiro atoms. The molecular weight excluding hydrogens is 241 g/mol. The summed E-state index contributed by atoms with van der Waals surface area (Å²) in [5.41, 5.74) is 0.461. The smallest absolute Gasteiger partial charge is 0.403 e. The van der Waals surface area contributed by atoms with Crippen LogP contribution in [0.5, 0.6) is 0 Å². The van der Waals surface area contributed by atoms with E-state index in [1.807, 2.05) is 16.7 Å².